The minimum atomic E-state index is -4.20. The van der Waals surface area contributed by atoms with E-state index in [0.717, 1.165) is 12.1 Å². The molecule has 1 atom stereocenters. The van der Waals surface area contributed by atoms with E-state index in [1.807, 2.05) is 0 Å². The molecule has 7 nitrogen and oxygen atoms in total. The van der Waals surface area contributed by atoms with Gasteiger partial charge in [0.2, 0.25) is 5.78 Å². The fourth-order valence-corrected chi connectivity index (χ4v) is 4.19. The summed E-state index contributed by atoms with van der Waals surface area (Å²) in [7, 11) is -4.20. The highest BCUT2D eigenvalue weighted by atomic mass is 32.2. The number of esters is 1. The first-order valence-corrected chi connectivity index (χ1v) is 9.42. The fraction of sp³-hybridized carbons (Fsp3) is 0.167. The lowest BCUT2D eigenvalue weighted by Gasteiger charge is -2.17. The van der Waals surface area contributed by atoms with E-state index >= 15 is 0 Å². The van der Waals surface area contributed by atoms with Gasteiger partial charge < -0.3 is 4.74 Å². The van der Waals surface area contributed by atoms with Crippen molar-refractivity contribution in [1.82, 2.24) is 4.31 Å². The molecule has 0 aliphatic carbocycles. The van der Waals surface area contributed by atoms with Crippen LogP contribution in [0, 0.1) is 11.6 Å². The van der Waals surface area contributed by atoms with Gasteiger partial charge in [0.05, 0.1) is 5.56 Å². The quantitative estimate of drug-likeness (QED) is 0.553. The molecular weight excluding hydrogens is 396 g/mol. The van der Waals surface area contributed by atoms with E-state index in [9.17, 15) is 31.6 Å². The average Bonchev–Trinajstić information content (AvgIpc) is 2.84. The minimum Gasteiger partial charge on any atom is -0.453 e. The zero-order valence-corrected chi connectivity index (χ0v) is 15.2. The molecule has 0 radical (unpaired) electrons. The largest absolute Gasteiger partial charge is 0.453 e. The average molecular weight is 409 g/mol. The molecule has 0 N–H and O–H groups in total. The van der Waals surface area contributed by atoms with Crippen LogP contribution in [0.4, 0.5) is 8.78 Å². The van der Waals surface area contributed by atoms with E-state index in [1.165, 1.54) is 31.2 Å². The molecule has 10 heteroatoms. The van der Waals surface area contributed by atoms with Crippen LogP contribution in [-0.2, 0) is 19.6 Å². The monoisotopic (exact) mass is 409 g/mol. The van der Waals surface area contributed by atoms with E-state index < -0.39 is 52.0 Å². The Labute approximate surface area is 158 Å². The number of nitrogens with zero attached hydrogens (tertiary/aromatic N) is 1. The summed E-state index contributed by atoms with van der Waals surface area (Å²) in [5.74, 6) is -5.22. The maximum Gasteiger partial charge on any atom is 0.327 e. The molecule has 1 unspecified atom stereocenters. The van der Waals surface area contributed by atoms with Crippen molar-refractivity contribution in [3.8, 4) is 0 Å². The Morgan fingerprint density at radius 1 is 1.11 bits per heavy atom. The first-order chi connectivity index (χ1) is 13.1. The summed E-state index contributed by atoms with van der Waals surface area (Å²) < 4.78 is 56.2. The SMILES string of the molecule is CC(OC(=O)CN1C(=O)c2ccccc2S1(=O)=O)C(=O)c1ccc(F)c(F)c1. The van der Waals surface area contributed by atoms with Crippen molar-refractivity contribution in [3.63, 3.8) is 0 Å². The smallest absolute Gasteiger partial charge is 0.327 e. The predicted molar refractivity (Wildman–Crippen MR) is 90.9 cm³/mol. The summed E-state index contributed by atoms with van der Waals surface area (Å²) in [4.78, 5) is 36.3. The van der Waals surface area contributed by atoms with Crippen molar-refractivity contribution in [1.29, 1.82) is 0 Å². The number of ether oxygens (including phenoxy) is 1. The third-order valence-corrected chi connectivity index (χ3v) is 5.85. The molecule has 3 rings (SSSR count). The number of carbonyl (C=O) groups is 3. The number of rotatable bonds is 5. The summed E-state index contributed by atoms with van der Waals surface area (Å²) in [6, 6.07) is 7.91. The second-order valence-corrected chi connectivity index (χ2v) is 7.77. The Morgan fingerprint density at radius 3 is 2.43 bits per heavy atom. The van der Waals surface area contributed by atoms with Crippen LogP contribution in [0.25, 0.3) is 0 Å². The lowest BCUT2D eigenvalue weighted by molar-refractivity contribution is -0.146. The summed E-state index contributed by atoms with van der Waals surface area (Å²) in [5.41, 5.74) is -0.294. The van der Waals surface area contributed by atoms with E-state index in [-0.39, 0.29) is 16.0 Å². The third-order valence-electron chi connectivity index (χ3n) is 4.07. The lowest BCUT2D eigenvalue weighted by atomic mass is 10.1. The highest BCUT2D eigenvalue weighted by Crippen LogP contribution is 2.29. The molecular formula is C18H13F2NO6S. The molecule has 146 valence electrons. The lowest BCUT2D eigenvalue weighted by Crippen LogP contribution is -2.37. The number of sulfonamides is 1. The van der Waals surface area contributed by atoms with Gasteiger partial charge in [0.15, 0.2) is 17.7 Å². The van der Waals surface area contributed by atoms with Crippen molar-refractivity contribution in [2.45, 2.75) is 17.9 Å². The molecule has 1 heterocycles. The number of ketones is 1. The molecule has 1 aliphatic heterocycles. The van der Waals surface area contributed by atoms with Crippen LogP contribution in [0.1, 0.15) is 27.6 Å². The van der Waals surface area contributed by atoms with Crippen LogP contribution in [-0.4, -0.2) is 43.0 Å². The number of fused-ring (bicyclic) bond motifs is 1. The van der Waals surface area contributed by atoms with Gasteiger partial charge >= 0.3 is 5.97 Å². The van der Waals surface area contributed by atoms with Crippen LogP contribution in [0.2, 0.25) is 0 Å². The zero-order chi connectivity index (χ0) is 20.6. The van der Waals surface area contributed by atoms with Gasteiger partial charge in [-0.1, -0.05) is 12.1 Å². The molecule has 28 heavy (non-hydrogen) atoms. The number of carbonyl (C=O) groups excluding carboxylic acids is 3. The van der Waals surface area contributed by atoms with Crippen LogP contribution < -0.4 is 0 Å². The Kier molecular flexibility index (Phi) is 4.99. The van der Waals surface area contributed by atoms with E-state index in [0.29, 0.717) is 10.4 Å². The third kappa shape index (κ3) is 3.38. The zero-order valence-electron chi connectivity index (χ0n) is 14.4. The molecule has 0 spiro atoms. The van der Waals surface area contributed by atoms with Gasteiger partial charge in [-0.05, 0) is 37.3 Å². The molecule has 1 aliphatic rings. The van der Waals surface area contributed by atoms with E-state index in [2.05, 4.69) is 0 Å². The van der Waals surface area contributed by atoms with Crippen molar-refractivity contribution >= 4 is 27.7 Å². The van der Waals surface area contributed by atoms with Gasteiger partial charge in [0, 0.05) is 5.56 Å². The van der Waals surface area contributed by atoms with Crippen molar-refractivity contribution in [2.24, 2.45) is 0 Å². The topological polar surface area (TPSA) is 97.8 Å². The minimum absolute atomic E-state index is 0.0683. The summed E-state index contributed by atoms with van der Waals surface area (Å²) in [6.45, 7) is 0.266. The molecule has 2 aromatic rings. The number of hydrogen-bond donors (Lipinski definition) is 0. The highest BCUT2D eigenvalue weighted by Gasteiger charge is 2.42. The van der Waals surface area contributed by atoms with Crippen LogP contribution >= 0.6 is 0 Å². The molecule has 0 bridgehead atoms. The standard InChI is InChI=1S/C18H13F2NO6S/c1-10(17(23)11-6-7-13(19)14(20)8-11)27-16(22)9-21-18(24)12-4-2-3-5-15(12)28(21,25)26/h2-8,10H,9H2,1H3. The summed E-state index contributed by atoms with van der Waals surface area (Å²) in [5, 5.41) is 0. The predicted octanol–water partition coefficient (Wildman–Crippen LogP) is 1.92. The number of hydrogen-bond acceptors (Lipinski definition) is 6. The second-order valence-electron chi connectivity index (χ2n) is 5.94. The number of benzene rings is 2. The molecule has 2 aromatic carbocycles. The normalized spacial score (nSPS) is 15.8. The summed E-state index contributed by atoms with van der Waals surface area (Å²) in [6.07, 6.45) is -1.40. The maximum atomic E-state index is 13.2. The first kappa shape index (κ1) is 19.6. The Bertz CT molecular complexity index is 1100. The molecule has 1 amide bonds. The Morgan fingerprint density at radius 2 is 1.79 bits per heavy atom. The Balaban J connectivity index is 1.71. The first-order valence-electron chi connectivity index (χ1n) is 7.97. The molecule has 0 aromatic heterocycles. The second kappa shape index (κ2) is 7.12. The number of Topliss-reactive ketones (excluding diaryl/α,β-unsaturated/α-hetero) is 1. The van der Waals surface area contributed by atoms with Gasteiger partial charge in [-0.25, -0.2) is 21.5 Å². The van der Waals surface area contributed by atoms with Crippen molar-refractivity contribution in [3.05, 3.63) is 65.2 Å². The van der Waals surface area contributed by atoms with E-state index in [4.69, 9.17) is 4.74 Å². The van der Waals surface area contributed by atoms with Crippen LogP contribution in [0.3, 0.4) is 0 Å². The molecule has 0 saturated heterocycles. The molecule has 0 saturated carbocycles. The fourth-order valence-electron chi connectivity index (χ4n) is 2.68. The number of amides is 1. The molecule has 0 fully saturated rings. The van der Waals surface area contributed by atoms with Crippen molar-refractivity contribution in [2.75, 3.05) is 6.54 Å². The van der Waals surface area contributed by atoms with Crippen LogP contribution in [0.15, 0.2) is 47.4 Å². The Hall–Kier alpha value is -3.14. The highest BCUT2D eigenvalue weighted by molar-refractivity contribution is 7.90. The van der Waals surface area contributed by atoms with Gasteiger partial charge in [-0.2, -0.15) is 0 Å². The number of halogens is 2. The van der Waals surface area contributed by atoms with Gasteiger partial charge in [-0.3, -0.25) is 14.4 Å². The van der Waals surface area contributed by atoms with Crippen molar-refractivity contribution < 1.29 is 36.3 Å². The van der Waals surface area contributed by atoms with E-state index in [1.54, 1.807) is 0 Å². The maximum absolute atomic E-state index is 13.2. The van der Waals surface area contributed by atoms with Crippen LogP contribution in [0.5, 0.6) is 0 Å². The van der Waals surface area contributed by atoms with Gasteiger partial charge in [0.1, 0.15) is 11.4 Å². The summed E-state index contributed by atoms with van der Waals surface area (Å²) >= 11 is 0. The van der Waals surface area contributed by atoms with Gasteiger partial charge in [-0.15, -0.1) is 0 Å². The van der Waals surface area contributed by atoms with Gasteiger partial charge in [0.25, 0.3) is 15.9 Å².